The summed E-state index contributed by atoms with van der Waals surface area (Å²) in [6.45, 7) is 9.56. The zero-order valence-corrected chi connectivity index (χ0v) is 16.0. The van der Waals surface area contributed by atoms with Crippen LogP contribution >= 0.6 is 0 Å². The molecule has 2 aromatic rings. The molecular weight excluding hydrogens is 328 g/mol. The van der Waals surface area contributed by atoms with Crippen LogP contribution in [0.2, 0.25) is 0 Å². The van der Waals surface area contributed by atoms with Crippen molar-refractivity contribution in [3.63, 3.8) is 0 Å². The predicted octanol–water partition coefficient (Wildman–Crippen LogP) is 4.27. The van der Waals surface area contributed by atoms with Crippen LogP contribution in [0.25, 0.3) is 0 Å². The van der Waals surface area contributed by atoms with Gasteiger partial charge in [0.15, 0.2) is 6.61 Å². The Bertz CT molecular complexity index is 807. The Kier molecular flexibility index (Phi) is 6.03. The summed E-state index contributed by atoms with van der Waals surface area (Å²) in [5, 5.41) is 5.54. The maximum absolute atomic E-state index is 12.3. The number of benzene rings is 2. The molecule has 0 spiro atoms. The number of nitrogens with one attached hydrogen (secondary N) is 2. The van der Waals surface area contributed by atoms with Gasteiger partial charge in [0.1, 0.15) is 5.75 Å². The third-order valence-corrected chi connectivity index (χ3v) is 3.89. The molecule has 5 nitrogen and oxygen atoms in total. The van der Waals surface area contributed by atoms with Gasteiger partial charge in [-0.3, -0.25) is 9.59 Å². The number of hydrogen-bond donors (Lipinski definition) is 2. The zero-order chi connectivity index (χ0) is 19.3. The minimum absolute atomic E-state index is 0.0731. The quantitative estimate of drug-likeness (QED) is 0.843. The molecule has 0 saturated carbocycles. The fraction of sp³-hybridized carbons (Fsp3) is 0.333. The van der Waals surface area contributed by atoms with Crippen molar-refractivity contribution in [2.24, 2.45) is 0 Å². The first-order valence-corrected chi connectivity index (χ1v) is 8.57. The number of aryl methyl sites for hydroxylation is 1. The summed E-state index contributed by atoms with van der Waals surface area (Å²) in [5.74, 6) is 0.295. The van der Waals surface area contributed by atoms with Gasteiger partial charge in [0.2, 0.25) is 5.91 Å². The van der Waals surface area contributed by atoms with Gasteiger partial charge in [0.25, 0.3) is 5.91 Å². The molecule has 0 aromatic heterocycles. The van der Waals surface area contributed by atoms with E-state index in [9.17, 15) is 9.59 Å². The van der Waals surface area contributed by atoms with E-state index in [1.54, 1.807) is 12.1 Å². The van der Waals surface area contributed by atoms with Crippen molar-refractivity contribution in [2.75, 3.05) is 17.2 Å². The Morgan fingerprint density at radius 1 is 1.04 bits per heavy atom. The highest BCUT2D eigenvalue weighted by Crippen LogP contribution is 2.31. The predicted molar refractivity (Wildman–Crippen MR) is 105 cm³/mol. The highest BCUT2D eigenvalue weighted by molar-refractivity contribution is 5.94. The van der Waals surface area contributed by atoms with E-state index in [2.05, 4.69) is 31.4 Å². The summed E-state index contributed by atoms with van der Waals surface area (Å²) < 4.78 is 5.75. The molecule has 2 rings (SSSR count). The van der Waals surface area contributed by atoms with Gasteiger partial charge in [-0.05, 0) is 41.7 Å². The van der Waals surface area contributed by atoms with Crippen LogP contribution in [0.3, 0.4) is 0 Å². The highest BCUT2D eigenvalue weighted by Gasteiger charge is 2.19. The smallest absolute Gasteiger partial charge is 0.262 e. The summed E-state index contributed by atoms with van der Waals surface area (Å²) in [7, 11) is 0. The van der Waals surface area contributed by atoms with Gasteiger partial charge in [-0.1, -0.05) is 45.0 Å². The molecule has 5 heteroatoms. The Morgan fingerprint density at radius 2 is 1.73 bits per heavy atom. The SMILES string of the molecule is CC(=O)Nc1ccc(C)c(NC(=O)COc2ccccc2C(C)(C)C)c1. The van der Waals surface area contributed by atoms with E-state index in [0.29, 0.717) is 17.1 Å². The van der Waals surface area contributed by atoms with Crippen molar-refractivity contribution in [1.29, 1.82) is 0 Å². The van der Waals surface area contributed by atoms with Gasteiger partial charge >= 0.3 is 0 Å². The summed E-state index contributed by atoms with van der Waals surface area (Å²) >= 11 is 0. The first-order valence-electron chi connectivity index (χ1n) is 8.57. The highest BCUT2D eigenvalue weighted by atomic mass is 16.5. The van der Waals surface area contributed by atoms with E-state index >= 15 is 0 Å². The fourth-order valence-electron chi connectivity index (χ4n) is 2.58. The third kappa shape index (κ3) is 5.34. The number of carbonyl (C=O) groups is 2. The van der Waals surface area contributed by atoms with Gasteiger partial charge in [-0.25, -0.2) is 0 Å². The van der Waals surface area contributed by atoms with E-state index < -0.39 is 0 Å². The Balaban J connectivity index is 2.05. The standard InChI is InChI=1S/C21H26N2O3/c1-14-10-11-16(22-15(2)24)12-18(14)23-20(25)13-26-19-9-7-6-8-17(19)21(3,4)5/h6-12H,13H2,1-5H3,(H,22,24)(H,23,25). The van der Waals surface area contributed by atoms with Crippen LogP contribution in [-0.2, 0) is 15.0 Å². The Labute approximate surface area is 154 Å². The molecule has 0 bridgehead atoms. The molecular formula is C21H26N2O3. The molecule has 0 aliphatic rings. The second-order valence-electron chi connectivity index (χ2n) is 7.29. The molecule has 2 aromatic carbocycles. The number of carbonyl (C=O) groups excluding carboxylic acids is 2. The Hall–Kier alpha value is -2.82. The molecule has 0 atom stereocenters. The van der Waals surface area contributed by atoms with Gasteiger partial charge in [-0.15, -0.1) is 0 Å². The molecule has 0 saturated heterocycles. The second kappa shape index (κ2) is 8.04. The number of amides is 2. The minimum Gasteiger partial charge on any atom is -0.483 e. The molecule has 0 radical (unpaired) electrons. The lowest BCUT2D eigenvalue weighted by Crippen LogP contribution is -2.22. The summed E-state index contributed by atoms with van der Waals surface area (Å²) in [4.78, 5) is 23.5. The summed E-state index contributed by atoms with van der Waals surface area (Å²) in [5.41, 5.74) is 3.17. The molecule has 0 unspecified atom stereocenters. The maximum atomic E-state index is 12.3. The van der Waals surface area contributed by atoms with Gasteiger partial charge in [-0.2, -0.15) is 0 Å². The molecule has 0 heterocycles. The number of para-hydroxylation sites is 1. The molecule has 0 aliphatic carbocycles. The molecule has 0 aliphatic heterocycles. The van der Waals surface area contributed by atoms with Gasteiger partial charge in [0.05, 0.1) is 0 Å². The number of rotatable bonds is 5. The van der Waals surface area contributed by atoms with Crippen LogP contribution in [0.1, 0.15) is 38.8 Å². The first-order chi connectivity index (χ1) is 12.2. The van der Waals surface area contributed by atoms with Crippen LogP contribution in [-0.4, -0.2) is 18.4 Å². The van der Waals surface area contributed by atoms with Crippen molar-refractivity contribution in [2.45, 2.75) is 40.0 Å². The van der Waals surface area contributed by atoms with Gasteiger partial charge in [0, 0.05) is 18.3 Å². The maximum Gasteiger partial charge on any atom is 0.262 e. The number of hydrogen-bond acceptors (Lipinski definition) is 3. The summed E-state index contributed by atoms with van der Waals surface area (Å²) in [6.07, 6.45) is 0. The van der Waals surface area contributed by atoms with Crippen LogP contribution in [0.4, 0.5) is 11.4 Å². The third-order valence-electron chi connectivity index (χ3n) is 3.89. The lowest BCUT2D eigenvalue weighted by molar-refractivity contribution is -0.118. The topological polar surface area (TPSA) is 67.4 Å². The van der Waals surface area contributed by atoms with Crippen molar-refractivity contribution in [1.82, 2.24) is 0 Å². The first kappa shape index (κ1) is 19.5. The van der Waals surface area contributed by atoms with Crippen molar-refractivity contribution in [3.8, 4) is 5.75 Å². The van der Waals surface area contributed by atoms with E-state index in [1.807, 2.05) is 37.3 Å². The average Bonchev–Trinajstić information content (AvgIpc) is 2.55. The van der Waals surface area contributed by atoms with Crippen LogP contribution in [0, 0.1) is 6.92 Å². The number of ether oxygens (including phenoxy) is 1. The largest absolute Gasteiger partial charge is 0.483 e. The normalized spacial score (nSPS) is 11.0. The minimum atomic E-state index is -0.253. The van der Waals surface area contributed by atoms with Gasteiger partial charge < -0.3 is 15.4 Å². The monoisotopic (exact) mass is 354 g/mol. The van der Waals surface area contributed by atoms with Crippen LogP contribution in [0.5, 0.6) is 5.75 Å². The van der Waals surface area contributed by atoms with Crippen molar-refractivity contribution >= 4 is 23.2 Å². The molecule has 26 heavy (non-hydrogen) atoms. The average molecular weight is 354 g/mol. The lowest BCUT2D eigenvalue weighted by Gasteiger charge is -2.22. The van der Waals surface area contributed by atoms with E-state index in [0.717, 1.165) is 11.1 Å². The van der Waals surface area contributed by atoms with E-state index in [4.69, 9.17) is 4.74 Å². The number of anilines is 2. The van der Waals surface area contributed by atoms with Crippen molar-refractivity contribution in [3.05, 3.63) is 53.6 Å². The zero-order valence-electron chi connectivity index (χ0n) is 16.0. The lowest BCUT2D eigenvalue weighted by atomic mass is 9.86. The van der Waals surface area contributed by atoms with Crippen molar-refractivity contribution < 1.29 is 14.3 Å². The van der Waals surface area contributed by atoms with Crippen LogP contribution in [0.15, 0.2) is 42.5 Å². The van der Waals surface area contributed by atoms with Crippen LogP contribution < -0.4 is 15.4 Å². The summed E-state index contributed by atoms with van der Waals surface area (Å²) in [6, 6.07) is 13.1. The Morgan fingerprint density at radius 3 is 2.38 bits per heavy atom. The van der Waals surface area contributed by atoms with E-state index in [1.165, 1.54) is 6.92 Å². The second-order valence-corrected chi connectivity index (χ2v) is 7.29. The van der Waals surface area contributed by atoms with E-state index in [-0.39, 0.29) is 23.8 Å². The molecule has 138 valence electrons. The molecule has 2 N–H and O–H groups in total. The molecule has 0 fully saturated rings. The fourth-order valence-corrected chi connectivity index (χ4v) is 2.58. The molecule has 2 amide bonds.